The Morgan fingerprint density at radius 3 is 2.19 bits per heavy atom. The van der Waals surface area contributed by atoms with Crippen LogP contribution in [0.1, 0.15) is 118 Å². The number of aliphatic hydroxyl groups excluding tert-OH is 1. The fraction of sp³-hybridized carbons (Fsp3) is 0.645. The number of nitrogens with zero attached hydrogens (tertiary/aromatic N) is 2. The van der Waals surface area contributed by atoms with Crippen molar-refractivity contribution in [3.63, 3.8) is 0 Å². The average Bonchev–Trinajstić information content (AvgIpc) is 3.63. The lowest BCUT2D eigenvalue weighted by atomic mass is 9.99. The number of oxazole rings is 1. The molecule has 0 spiro atoms. The van der Waals surface area contributed by atoms with E-state index in [1.54, 1.807) is 55.4 Å². The molecule has 0 saturated heterocycles. The van der Waals surface area contributed by atoms with E-state index in [2.05, 4.69) is 31.2 Å². The van der Waals surface area contributed by atoms with Gasteiger partial charge in [0, 0.05) is 5.38 Å². The standard InChI is InChI=1S/C31H48N6O9S/c1-11-16(5)22(37-30(43)46-31(8,9)10)27-36-23(18(7)45-27)26(41)35-21(15(3)4)25(40)33-19(13-38)24(39)32-17(6)28-34-20(14-47-28)29(42)44-12-2/h14-17,19,21-22,38H,11-13H2,1-10H3,(H,32,39)(H,33,40)(H,35,41)(H,37,43)/t16-,17-,19-,21-,22-/m0/s1. The number of thiazole rings is 1. The molecule has 2 rings (SSSR count). The summed E-state index contributed by atoms with van der Waals surface area (Å²) in [5.41, 5.74) is -0.688. The molecule has 16 heteroatoms. The van der Waals surface area contributed by atoms with E-state index in [1.807, 2.05) is 13.8 Å². The molecule has 2 aromatic rings. The molecular formula is C31H48N6O9S. The van der Waals surface area contributed by atoms with E-state index >= 15 is 0 Å². The van der Waals surface area contributed by atoms with Crippen LogP contribution in [-0.4, -0.2) is 75.8 Å². The van der Waals surface area contributed by atoms with E-state index in [0.29, 0.717) is 11.4 Å². The number of alkyl carbamates (subject to hydrolysis) is 1. The number of hydrogen-bond donors (Lipinski definition) is 5. The van der Waals surface area contributed by atoms with Crippen LogP contribution in [0.5, 0.6) is 0 Å². The van der Waals surface area contributed by atoms with Crippen molar-refractivity contribution >= 4 is 41.1 Å². The molecule has 0 aliphatic rings. The lowest BCUT2D eigenvalue weighted by Crippen LogP contribution is -2.56. The molecule has 5 N–H and O–H groups in total. The number of carbonyl (C=O) groups excluding carboxylic acids is 5. The highest BCUT2D eigenvalue weighted by Crippen LogP contribution is 2.27. The van der Waals surface area contributed by atoms with Gasteiger partial charge in [-0.25, -0.2) is 19.6 Å². The van der Waals surface area contributed by atoms with Crippen molar-refractivity contribution in [2.45, 2.75) is 105 Å². The number of aryl methyl sites for hydroxylation is 1. The Hall–Kier alpha value is -4.05. The van der Waals surface area contributed by atoms with Gasteiger partial charge in [-0.15, -0.1) is 11.3 Å². The molecule has 5 atom stereocenters. The summed E-state index contributed by atoms with van der Waals surface area (Å²) in [6.45, 7) is 16.8. The van der Waals surface area contributed by atoms with Gasteiger partial charge in [0.1, 0.15) is 34.5 Å². The highest BCUT2D eigenvalue weighted by Gasteiger charge is 2.33. The van der Waals surface area contributed by atoms with E-state index < -0.39 is 72.1 Å². The summed E-state index contributed by atoms with van der Waals surface area (Å²) in [4.78, 5) is 72.7. The molecule has 0 saturated carbocycles. The maximum absolute atomic E-state index is 13.4. The van der Waals surface area contributed by atoms with Crippen molar-refractivity contribution in [2.75, 3.05) is 13.2 Å². The van der Waals surface area contributed by atoms with Crippen LogP contribution in [0.3, 0.4) is 0 Å². The van der Waals surface area contributed by atoms with Gasteiger partial charge in [0.25, 0.3) is 5.91 Å². The number of carbonyl (C=O) groups is 5. The largest absolute Gasteiger partial charge is 0.461 e. The van der Waals surface area contributed by atoms with Crippen molar-refractivity contribution in [2.24, 2.45) is 11.8 Å². The minimum Gasteiger partial charge on any atom is -0.461 e. The van der Waals surface area contributed by atoms with Crippen LogP contribution in [0.4, 0.5) is 4.79 Å². The van der Waals surface area contributed by atoms with Gasteiger partial charge in [0.05, 0.1) is 19.3 Å². The Morgan fingerprint density at radius 2 is 1.64 bits per heavy atom. The summed E-state index contributed by atoms with van der Waals surface area (Å²) in [5.74, 6) is -2.95. The Labute approximate surface area is 279 Å². The maximum atomic E-state index is 13.4. The van der Waals surface area contributed by atoms with Crippen LogP contribution in [0.15, 0.2) is 9.80 Å². The maximum Gasteiger partial charge on any atom is 0.408 e. The van der Waals surface area contributed by atoms with Gasteiger partial charge in [-0.1, -0.05) is 34.1 Å². The lowest BCUT2D eigenvalue weighted by molar-refractivity contribution is -0.131. The molecule has 4 amide bonds. The smallest absolute Gasteiger partial charge is 0.408 e. The second-order valence-electron chi connectivity index (χ2n) is 12.4. The first-order chi connectivity index (χ1) is 21.9. The SMILES string of the molecule is CCOC(=O)c1csc([C@H](C)NC(=O)[C@H](CO)NC(=O)[C@@H](NC(=O)c2nc([C@@H](NC(=O)OC(C)(C)C)[C@@H](C)CC)oc2C)C(C)C)n1. The van der Waals surface area contributed by atoms with Crippen molar-refractivity contribution < 1.29 is 43.0 Å². The second kappa shape index (κ2) is 17.2. The zero-order valence-corrected chi connectivity index (χ0v) is 29.5. The van der Waals surface area contributed by atoms with Gasteiger partial charge in [0.15, 0.2) is 11.4 Å². The molecule has 262 valence electrons. The predicted octanol–water partition coefficient (Wildman–Crippen LogP) is 3.34. The Kier molecular flexibility index (Phi) is 14.3. The summed E-state index contributed by atoms with van der Waals surface area (Å²) >= 11 is 1.15. The Bertz CT molecular complexity index is 1400. The Balaban J connectivity index is 2.15. The molecule has 15 nitrogen and oxygen atoms in total. The first kappa shape index (κ1) is 39.1. The molecule has 0 fully saturated rings. The van der Waals surface area contributed by atoms with Gasteiger partial charge in [-0.05, 0) is 53.4 Å². The zero-order valence-electron chi connectivity index (χ0n) is 28.7. The first-order valence-electron chi connectivity index (χ1n) is 15.5. The Morgan fingerprint density at radius 1 is 0.979 bits per heavy atom. The van der Waals surface area contributed by atoms with E-state index in [4.69, 9.17) is 13.9 Å². The number of rotatable bonds is 15. The minimum absolute atomic E-state index is 0.0753. The number of ether oxygens (including phenoxy) is 2. The molecule has 0 aromatic carbocycles. The molecule has 0 aliphatic carbocycles. The minimum atomic E-state index is -1.34. The number of esters is 1. The van der Waals surface area contributed by atoms with Crippen LogP contribution in [0.2, 0.25) is 0 Å². The second-order valence-corrected chi connectivity index (χ2v) is 13.3. The van der Waals surface area contributed by atoms with Crippen LogP contribution in [0, 0.1) is 18.8 Å². The summed E-state index contributed by atoms with van der Waals surface area (Å²) in [5, 5.41) is 22.4. The van der Waals surface area contributed by atoms with Gasteiger partial charge >= 0.3 is 12.1 Å². The molecule has 0 radical (unpaired) electrons. The molecule has 47 heavy (non-hydrogen) atoms. The molecule has 2 heterocycles. The third-order valence-corrected chi connectivity index (χ3v) is 7.99. The van der Waals surface area contributed by atoms with Crippen LogP contribution < -0.4 is 21.3 Å². The van der Waals surface area contributed by atoms with Gasteiger partial charge in [0.2, 0.25) is 17.7 Å². The zero-order chi connectivity index (χ0) is 35.6. The van der Waals surface area contributed by atoms with Crippen molar-refractivity contribution in [1.29, 1.82) is 0 Å². The third kappa shape index (κ3) is 11.3. The summed E-state index contributed by atoms with van der Waals surface area (Å²) in [7, 11) is 0. The lowest BCUT2D eigenvalue weighted by Gasteiger charge is -2.25. The first-order valence-corrected chi connectivity index (χ1v) is 16.4. The summed E-state index contributed by atoms with van der Waals surface area (Å²) < 4.78 is 16.1. The summed E-state index contributed by atoms with van der Waals surface area (Å²) in [6, 6.07) is -3.79. The van der Waals surface area contributed by atoms with Crippen molar-refractivity contribution in [1.82, 2.24) is 31.2 Å². The summed E-state index contributed by atoms with van der Waals surface area (Å²) in [6.07, 6.45) is 0.00158. The number of hydrogen-bond acceptors (Lipinski definition) is 12. The highest BCUT2D eigenvalue weighted by molar-refractivity contribution is 7.09. The third-order valence-electron chi connectivity index (χ3n) is 6.97. The van der Waals surface area contributed by atoms with Crippen LogP contribution >= 0.6 is 11.3 Å². The van der Waals surface area contributed by atoms with Crippen molar-refractivity contribution in [3.8, 4) is 0 Å². The monoisotopic (exact) mass is 680 g/mol. The van der Waals surface area contributed by atoms with E-state index in [1.165, 1.54) is 5.38 Å². The fourth-order valence-corrected chi connectivity index (χ4v) is 5.03. The number of nitrogens with one attached hydrogen (secondary N) is 4. The van der Waals surface area contributed by atoms with Gasteiger partial charge in [-0.3, -0.25) is 14.4 Å². The normalized spacial score (nSPS) is 14.7. The number of aliphatic hydroxyl groups is 1. The molecule has 0 aliphatic heterocycles. The topological polar surface area (TPSA) is 211 Å². The predicted molar refractivity (Wildman–Crippen MR) is 173 cm³/mol. The van der Waals surface area contributed by atoms with E-state index in [9.17, 15) is 29.1 Å². The molecular weight excluding hydrogens is 632 g/mol. The fourth-order valence-electron chi connectivity index (χ4n) is 4.24. The number of amides is 4. The molecule has 2 aromatic heterocycles. The highest BCUT2D eigenvalue weighted by atomic mass is 32.1. The van der Waals surface area contributed by atoms with Gasteiger partial charge in [-0.2, -0.15) is 0 Å². The van der Waals surface area contributed by atoms with Gasteiger partial charge < -0.3 is 40.3 Å². The molecule has 0 bridgehead atoms. The van der Waals surface area contributed by atoms with Crippen LogP contribution in [-0.2, 0) is 19.1 Å². The quantitative estimate of drug-likeness (QED) is 0.172. The van der Waals surface area contributed by atoms with E-state index in [0.717, 1.165) is 11.3 Å². The molecule has 0 unspecified atom stereocenters. The van der Waals surface area contributed by atoms with Crippen LogP contribution in [0.25, 0.3) is 0 Å². The van der Waals surface area contributed by atoms with E-state index in [-0.39, 0.29) is 35.6 Å². The average molecular weight is 681 g/mol. The number of aromatic nitrogens is 2. The van der Waals surface area contributed by atoms with Crippen molar-refractivity contribution in [3.05, 3.63) is 33.4 Å².